The van der Waals surface area contributed by atoms with Crippen LogP contribution in [-0.2, 0) is 4.79 Å². The number of alkyl halides is 1. The van der Waals surface area contributed by atoms with E-state index in [1.807, 2.05) is 23.1 Å². The average molecular weight is 317 g/mol. The van der Waals surface area contributed by atoms with Crippen molar-refractivity contribution in [3.8, 4) is 5.75 Å². The fraction of sp³-hybridized carbons (Fsp3) is 0.500. The van der Waals surface area contributed by atoms with Crippen LogP contribution in [0.25, 0.3) is 0 Å². The molecule has 1 aliphatic heterocycles. The minimum absolute atomic E-state index is 0.207. The van der Waals surface area contributed by atoms with Gasteiger partial charge in [-0.2, -0.15) is 0 Å². The van der Waals surface area contributed by atoms with Gasteiger partial charge < -0.3 is 14.4 Å². The third kappa shape index (κ3) is 3.19. The number of methoxy groups -OCH3 is 1. The van der Waals surface area contributed by atoms with Gasteiger partial charge in [0.15, 0.2) is 6.29 Å². The summed E-state index contributed by atoms with van der Waals surface area (Å²) in [4.78, 5) is 15.0. The van der Waals surface area contributed by atoms with Crippen molar-refractivity contribution in [2.45, 2.75) is 18.5 Å². The Bertz CT molecular complexity index is 484. The summed E-state index contributed by atoms with van der Waals surface area (Å²) in [7, 11) is 1.60. The first-order chi connectivity index (χ1) is 9.56. The van der Waals surface area contributed by atoms with Crippen molar-refractivity contribution in [3.05, 3.63) is 23.2 Å². The molecule has 1 unspecified atom stereocenters. The van der Waals surface area contributed by atoms with Gasteiger partial charge in [-0.1, -0.05) is 23.2 Å². The molecule has 1 aromatic rings. The highest BCUT2D eigenvalue weighted by Gasteiger charge is 2.28. The zero-order valence-corrected chi connectivity index (χ0v) is 13.1. The largest absolute Gasteiger partial charge is 0.495 e. The maximum absolute atomic E-state index is 10.8. The summed E-state index contributed by atoms with van der Waals surface area (Å²) in [5.74, 6) is 0.669. The summed E-state index contributed by atoms with van der Waals surface area (Å²) >= 11 is 12.0. The van der Waals surface area contributed by atoms with Crippen LogP contribution in [0.3, 0.4) is 0 Å². The molecular formula is C14H18Cl2N2O2. The van der Waals surface area contributed by atoms with Crippen molar-refractivity contribution >= 4 is 35.2 Å². The number of anilines is 1. The summed E-state index contributed by atoms with van der Waals surface area (Å²) in [6.07, 6.45) is 0.777. The van der Waals surface area contributed by atoms with Crippen molar-refractivity contribution in [3.63, 3.8) is 0 Å². The Kier molecular flexibility index (Phi) is 5.13. The molecule has 0 N–H and O–H groups in total. The molecule has 0 amide bonds. The first kappa shape index (κ1) is 15.4. The molecule has 2 atom stereocenters. The Balaban J connectivity index is 2.11. The van der Waals surface area contributed by atoms with E-state index < -0.39 is 5.50 Å². The Morgan fingerprint density at radius 3 is 2.80 bits per heavy atom. The van der Waals surface area contributed by atoms with Gasteiger partial charge in [0.1, 0.15) is 11.3 Å². The number of piperazine rings is 1. The summed E-state index contributed by atoms with van der Waals surface area (Å²) < 4.78 is 5.24. The van der Waals surface area contributed by atoms with Crippen molar-refractivity contribution in [2.24, 2.45) is 0 Å². The zero-order chi connectivity index (χ0) is 14.7. The smallest absolute Gasteiger partial charge is 0.152 e. The highest BCUT2D eigenvalue weighted by atomic mass is 35.5. The minimum atomic E-state index is -0.549. The van der Waals surface area contributed by atoms with Crippen LogP contribution in [0.15, 0.2) is 18.2 Å². The van der Waals surface area contributed by atoms with E-state index in [1.165, 1.54) is 0 Å². The van der Waals surface area contributed by atoms with Gasteiger partial charge in [-0.3, -0.25) is 4.90 Å². The second-order valence-corrected chi connectivity index (χ2v) is 5.71. The molecule has 6 heteroatoms. The van der Waals surface area contributed by atoms with Crippen LogP contribution in [0.2, 0.25) is 5.02 Å². The Hall–Kier alpha value is -0.970. The van der Waals surface area contributed by atoms with Crippen LogP contribution in [0.5, 0.6) is 5.75 Å². The predicted molar refractivity (Wildman–Crippen MR) is 82.1 cm³/mol. The van der Waals surface area contributed by atoms with Gasteiger partial charge in [0.25, 0.3) is 0 Å². The number of carbonyl (C=O) groups excluding carboxylic acids is 1. The van der Waals surface area contributed by atoms with E-state index >= 15 is 0 Å². The molecule has 2 rings (SSSR count). The van der Waals surface area contributed by atoms with Gasteiger partial charge in [0.2, 0.25) is 0 Å². The van der Waals surface area contributed by atoms with E-state index in [-0.39, 0.29) is 6.04 Å². The van der Waals surface area contributed by atoms with Crippen LogP contribution in [0.4, 0.5) is 5.69 Å². The molecule has 4 nitrogen and oxygen atoms in total. The van der Waals surface area contributed by atoms with E-state index in [2.05, 4.69) is 11.8 Å². The van der Waals surface area contributed by atoms with Gasteiger partial charge in [-0.05, 0) is 19.1 Å². The fourth-order valence-corrected chi connectivity index (χ4v) is 2.98. The van der Waals surface area contributed by atoms with Crippen LogP contribution >= 0.6 is 23.2 Å². The third-order valence-corrected chi connectivity index (χ3v) is 4.27. The Morgan fingerprint density at radius 2 is 2.20 bits per heavy atom. The monoisotopic (exact) mass is 316 g/mol. The molecule has 0 aromatic heterocycles. The summed E-state index contributed by atoms with van der Waals surface area (Å²) in [5.41, 5.74) is 0.516. The van der Waals surface area contributed by atoms with E-state index in [4.69, 9.17) is 27.9 Å². The normalized spacial score (nSPS) is 21.6. The predicted octanol–water partition coefficient (Wildman–Crippen LogP) is 2.62. The molecule has 0 aliphatic carbocycles. The number of aldehydes is 1. The summed E-state index contributed by atoms with van der Waals surface area (Å²) in [6.45, 7) is 4.44. The molecule has 0 radical (unpaired) electrons. The zero-order valence-electron chi connectivity index (χ0n) is 11.6. The number of hydrogen-bond acceptors (Lipinski definition) is 4. The summed E-state index contributed by atoms with van der Waals surface area (Å²) in [6, 6.07) is 5.95. The lowest BCUT2D eigenvalue weighted by Crippen LogP contribution is -2.54. The molecule has 1 heterocycles. The van der Waals surface area contributed by atoms with Gasteiger partial charge in [-0.15, -0.1) is 0 Å². The van der Waals surface area contributed by atoms with E-state index in [0.717, 1.165) is 31.6 Å². The molecule has 0 bridgehead atoms. The molecular weight excluding hydrogens is 299 g/mol. The topological polar surface area (TPSA) is 32.8 Å². The van der Waals surface area contributed by atoms with E-state index in [0.29, 0.717) is 10.8 Å². The maximum Gasteiger partial charge on any atom is 0.152 e. The maximum atomic E-state index is 10.8. The number of benzene rings is 1. The average Bonchev–Trinajstić information content (AvgIpc) is 2.47. The lowest BCUT2D eigenvalue weighted by Gasteiger charge is -2.41. The van der Waals surface area contributed by atoms with Crippen molar-refractivity contribution in [1.82, 2.24) is 4.90 Å². The first-order valence-corrected chi connectivity index (χ1v) is 7.32. The molecule has 110 valence electrons. The molecule has 1 fully saturated rings. The lowest BCUT2D eigenvalue weighted by atomic mass is 10.1. The second-order valence-electron chi connectivity index (χ2n) is 4.86. The van der Waals surface area contributed by atoms with E-state index in [9.17, 15) is 4.79 Å². The van der Waals surface area contributed by atoms with Crippen LogP contribution < -0.4 is 9.64 Å². The van der Waals surface area contributed by atoms with E-state index in [1.54, 1.807) is 7.11 Å². The SMILES string of the molecule is COc1cc(N2CCN(C(Cl)C=O)[C@@H](C)C2)ccc1Cl. The molecule has 0 saturated carbocycles. The molecule has 1 aromatic carbocycles. The third-order valence-electron chi connectivity index (χ3n) is 3.61. The molecule has 0 spiro atoms. The Labute approximate surface area is 129 Å². The van der Waals surface area contributed by atoms with Gasteiger partial charge >= 0.3 is 0 Å². The van der Waals surface area contributed by atoms with Crippen LogP contribution in [0, 0.1) is 0 Å². The molecule has 1 aliphatic rings. The van der Waals surface area contributed by atoms with Crippen molar-refractivity contribution in [2.75, 3.05) is 31.6 Å². The van der Waals surface area contributed by atoms with Crippen LogP contribution in [0.1, 0.15) is 6.92 Å². The molecule has 20 heavy (non-hydrogen) atoms. The minimum Gasteiger partial charge on any atom is -0.495 e. The number of halogens is 2. The summed E-state index contributed by atoms with van der Waals surface area (Å²) in [5, 5.41) is 0.602. The van der Waals surface area contributed by atoms with Crippen LogP contribution in [-0.4, -0.2) is 49.5 Å². The standard InChI is InChI=1S/C14H18Cl2N2O2/c1-10-8-17(5-6-18(10)14(16)9-19)11-3-4-12(15)13(7-11)20-2/h3-4,7,9-10,14H,5-6,8H2,1-2H3/t10-,14?/m0/s1. The van der Waals surface area contributed by atoms with Gasteiger partial charge in [0.05, 0.1) is 12.1 Å². The first-order valence-electron chi connectivity index (χ1n) is 6.50. The van der Waals surface area contributed by atoms with Crippen molar-refractivity contribution < 1.29 is 9.53 Å². The fourth-order valence-electron chi connectivity index (χ4n) is 2.50. The number of ether oxygens (including phenoxy) is 1. The number of hydrogen-bond donors (Lipinski definition) is 0. The quantitative estimate of drug-likeness (QED) is 0.485. The number of carbonyl (C=O) groups is 1. The lowest BCUT2D eigenvalue weighted by molar-refractivity contribution is -0.110. The second kappa shape index (κ2) is 6.66. The van der Waals surface area contributed by atoms with Gasteiger partial charge in [-0.25, -0.2) is 0 Å². The highest BCUT2D eigenvalue weighted by molar-refractivity contribution is 6.32. The number of rotatable bonds is 4. The Morgan fingerprint density at radius 1 is 1.45 bits per heavy atom. The van der Waals surface area contributed by atoms with Gasteiger partial charge in [0, 0.05) is 37.4 Å². The molecule has 1 saturated heterocycles. The number of nitrogens with zero attached hydrogens (tertiary/aromatic N) is 2. The van der Waals surface area contributed by atoms with Crippen molar-refractivity contribution in [1.29, 1.82) is 0 Å². The highest BCUT2D eigenvalue weighted by Crippen LogP contribution is 2.30.